The van der Waals surface area contributed by atoms with E-state index in [9.17, 15) is 4.79 Å². The Balaban J connectivity index is 1.36. The molecular weight excluding hydrogens is 478 g/mol. The van der Waals surface area contributed by atoms with E-state index in [1.54, 1.807) is 6.20 Å². The zero-order valence-electron chi connectivity index (χ0n) is 21.4. The molecule has 38 heavy (non-hydrogen) atoms. The van der Waals surface area contributed by atoms with Crippen LogP contribution in [0, 0.1) is 0 Å². The molecular formula is C30H29N5O3. The molecule has 8 heteroatoms. The number of rotatable bonds is 6. The highest BCUT2D eigenvalue weighted by Crippen LogP contribution is 2.45. The molecule has 192 valence electrons. The highest BCUT2D eigenvalue weighted by atomic mass is 16.7. The summed E-state index contributed by atoms with van der Waals surface area (Å²) in [6.07, 6.45) is 4.32. The van der Waals surface area contributed by atoms with Crippen LogP contribution >= 0.6 is 0 Å². The lowest BCUT2D eigenvalue weighted by atomic mass is 9.91. The molecule has 5 aromatic rings. The van der Waals surface area contributed by atoms with Crippen LogP contribution in [-0.4, -0.2) is 38.6 Å². The van der Waals surface area contributed by atoms with Crippen molar-refractivity contribution < 1.29 is 14.3 Å². The van der Waals surface area contributed by atoms with Gasteiger partial charge < -0.3 is 24.3 Å². The summed E-state index contributed by atoms with van der Waals surface area (Å²) in [6, 6.07) is 18.4. The molecule has 2 aliphatic rings. The van der Waals surface area contributed by atoms with E-state index in [4.69, 9.17) is 9.47 Å². The van der Waals surface area contributed by atoms with Gasteiger partial charge in [0.05, 0.1) is 18.2 Å². The lowest BCUT2D eigenvalue weighted by Crippen LogP contribution is -2.29. The zero-order chi connectivity index (χ0) is 25.8. The third-order valence-corrected chi connectivity index (χ3v) is 7.63. The number of benzene rings is 2. The second-order valence-electron chi connectivity index (χ2n) is 10.2. The van der Waals surface area contributed by atoms with Crippen molar-refractivity contribution >= 4 is 16.8 Å². The van der Waals surface area contributed by atoms with Gasteiger partial charge in [0.15, 0.2) is 11.5 Å². The number of hydrogen-bond donors (Lipinski definition) is 2. The van der Waals surface area contributed by atoms with Crippen molar-refractivity contribution in [1.29, 1.82) is 0 Å². The van der Waals surface area contributed by atoms with Gasteiger partial charge in [-0.2, -0.15) is 5.10 Å². The molecule has 0 bridgehead atoms. The lowest BCUT2D eigenvalue weighted by molar-refractivity contribution is 0.0951. The molecule has 3 aromatic heterocycles. The number of carbonyl (C=O) groups excluding carboxylic acids is 1. The summed E-state index contributed by atoms with van der Waals surface area (Å²) in [7, 11) is 0. The monoisotopic (exact) mass is 507 g/mol. The van der Waals surface area contributed by atoms with Crippen LogP contribution in [0.5, 0.6) is 11.5 Å². The molecule has 1 amide bonds. The number of ether oxygens (including phenoxy) is 2. The standard InChI is InChI=1S/C30H29N5O3/c1-18(2)24-16-22(30(36)31-11-13-34-12-5-10-32-34)25-15-21-20-6-3-4-7-23(20)33-28(21)29(35(24)25)19-8-9-26-27(14-19)38-17-37-26/h3-10,12,14,16,18,29,33H,11,13,15,17H2,1-2H3,(H,31,36). The Hall–Kier alpha value is -4.46. The summed E-state index contributed by atoms with van der Waals surface area (Å²) in [5.41, 5.74) is 7.47. The van der Waals surface area contributed by atoms with Gasteiger partial charge in [0, 0.05) is 53.3 Å². The van der Waals surface area contributed by atoms with Crippen molar-refractivity contribution in [2.45, 2.75) is 38.8 Å². The molecule has 7 rings (SSSR count). The van der Waals surface area contributed by atoms with Gasteiger partial charge in [0.2, 0.25) is 6.79 Å². The minimum atomic E-state index is -0.126. The number of nitrogens with zero attached hydrogens (tertiary/aromatic N) is 3. The van der Waals surface area contributed by atoms with Gasteiger partial charge in [0.1, 0.15) is 0 Å². The maximum absolute atomic E-state index is 13.6. The Morgan fingerprint density at radius 3 is 2.84 bits per heavy atom. The number of aromatic amines is 1. The van der Waals surface area contributed by atoms with Crippen molar-refractivity contribution in [2.24, 2.45) is 0 Å². The number of hydrogen-bond acceptors (Lipinski definition) is 4. The summed E-state index contributed by atoms with van der Waals surface area (Å²) in [6.45, 7) is 5.72. The quantitative estimate of drug-likeness (QED) is 0.333. The molecule has 0 aliphatic carbocycles. The number of H-pyrrole nitrogens is 1. The second kappa shape index (κ2) is 8.83. The predicted molar refractivity (Wildman–Crippen MR) is 144 cm³/mol. The van der Waals surface area contributed by atoms with Gasteiger partial charge in [-0.3, -0.25) is 9.48 Å². The summed E-state index contributed by atoms with van der Waals surface area (Å²) >= 11 is 0. The van der Waals surface area contributed by atoms with Gasteiger partial charge in [0.25, 0.3) is 5.91 Å². The van der Waals surface area contributed by atoms with Gasteiger partial charge >= 0.3 is 0 Å². The Bertz CT molecular complexity index is 1660. The predicted octanol–water partition coefficient (Wildman–Crippen LogP) is 4.99. The molecule has 0 saturated heterocycles. The molecule has 5 heterocycles. The van der Waals surface area contributed by atoms with E-state index in [1.165, 1.54) is 10.9 Å². The first kappa shape index (κ1) is 22.7. The van der Waals surface area contributed by atoms with E-state index in [-0.39, 0.29) is 24.7 Å². The SMILES string of the molecule is CC(C)c1cc(C(=O)NCCn2cccn2)c2n1C(c1ccc3c(c1)OCO3)c1[nH]c3ccccc3c1C2. The molecule has 2 aliphatic heterocycles. The maximum Gasteiger partial charge on any atom is 0.253 e. The van der Waals surface area contributed by atoms with Crippen LogP contribution < -0.4 is 14.8 Å². The Kier molecular flexibility index (Phi) is 5.28. The van der Waals surface area contributed by atoms with Crippen LogP contribution in [0.4, 0.5) is 0 Å². The van der Waals surface area contributed by atoms with Crippen molar-refractivity contribution in [1.82, 2.24) is 24.6 Å². The van der Waals surface area contributed by atoms with E-state index >= 15 is 0 Å². The largest absolute Gasteiger partial charge is 0.454 e. The van der Waals surface area contributed by atoms with E-state index in [0.717, 1.165) is 45.2 Å². The van der Waals surface area contributed by atoms with Crippen molar-refractivity contribution in [3.63, 3.8) is 0 Å². The number of para-hydroxylation sites is 1. The summed E-state index contributed by atoms with van der Waals surface area (Å²) in [5.74, 6) is 1.68. The molecule has 0 radical (unpaired) electrons. The molecule has 0 fully saturated rings. The van der Waals surface area contributed by atoms with Crippen LogP contribution in [0.2, 0.25) is 0 Å². The highest BCUT2D eigenvalue weighted by Gasteiger charge is 2.36. The number of fused-ring (bicyclic) bond motifs is 5. The Morgan fingerprint density at radius 1 is 1.13 bits per heavy atom. The van der Waals surface area contributed by atoms with Crippen LogP contribution in [-0.2, 0) is 13.0 Å². The highest BCUT2D eigenvalue weighted by molar-refractivity contribution is 5.96. The summed E-state index contributed by atoms with van der Waals surface area (Å²) < 4.78 is 15.5. The number of nitrogens with one attached hydrogen (secondary N) is 2. The molecule has 0 saturated carbocycles. The van der Waals surface area contributed by atoms with Gasteiger partial charge in [-0.1, -0.05) is 38.1 Å². The number of amides is 1. The average Bonchev–Trinajstić information content (AvgIpc) is 3.72. The number of carbonyl (C=O) groups is 1. The van der Waals surface area contributed by atoms with Crippen molar-refractivity contribution in [3.8, 4) is 11.5 Å². The normalized spacial score (nSPS) is 15.6. The fourth-order valence-corrected chi connectivity index (χ4v) is 5.87. The number of aromatic nitrogens is 4. The van der Waals surface area contributed by atoms with Crippen molar-refractivity contribution in [2.75, 3.05) is 13.3 Å². The van der Waals surface area contributed by atoms with E-state index in [1.807, 2.05) is 23.0 Å². The van der Waals surface area contributed by atoms with Crippen LogP contribution in [0.1, 0.15) is 64.4 Å². The first-order valence-corrected chi connectivity index (χ1v) is 13.1. The molecule has 2 aromatic carbocycles. The van der Waals surface area contributed by atoms with E-state index in [2.05, 4.69) is 76.3 Å². The molecule has 8 nitrogen and oxygen atoms in total. The maximum atomic E-state index is 13.6. The zero-order valence-corrected chi connectivity index (χ0v) is 21.4. The second-order valence-corrected chi connectivity index (χ2v) is 10.2. The summed E-state index contributed by atoms with van der Waals surface area (Å²) in [5, 5.41) is 8.56. The van der Waals surface area contributed by atoms with Crippen LogP contribution in [0.3, 0.4) is 0 Å². The molecule has 2 N–H and O–H groups in total. The Labute approximate surface area is 220 Å². The third-order valence-electron chi connectivity index (χ3n) is 7.63. The van der Waals surface area contributed by atoms with Gasteiger partial charge in [-0.15, -0.1) is 0 Å². The minimum Gasteiger partial charge on any atom is -0.454 e. The van der Waals surface area contributed by atoms with Crippen LogP contribution in [0.25, 0.3) is 10.9 Å². The van der Waals surface area contributed by atoms with E-state index < -0.39 is 0 Å². The van der Waals surface area contributed by atoms with E-state index in [0.29, 0.717) is 19.5 Å². The Morgan fingerprint density at radius 2 is 2.00 bits per heavy atom. The lowest BCUT2D eigenvalue weighted by Gasteiger charge is -2.31. The third kappa shape index (κ3) is 3.59. The first-order chi connectivity index (χ1) is 18.6. The summed E-state index contributed by atoms with van der Waals surface area (Å²) in [4.78, 5) is 17.3. The smallest absolute Gasteiger partial charge is 0.253 e. The van der Waals surface area contributed by atoms with Crippen LogP contribution in [0.15, 0.2) is 67.0 Å². The van der Waals surface area contributed by atoms with Gasteiger partial charge in [-0.05, 0) is 47.4 Å². The molecule has 0 spiro atoms. The fourth-order valence-electron chi connectivity index (χ4n) is 5.87. The average molecular weight is 508 g/mol. The van der Waals surface area contributed by atoms with Gasteiger partial charge in [-0.25, -0.2) is 0 Å². The fraction of sp³-hybridized carbons (Fsp3) is 0.267. The first-order valence-electron chi connectivity index (χ1n) is 13.1. The molecule has 1 atom stereocenters. The van der Waals surface area contributed by atoms with Crippen molar-refractivity contribution in [3.05, 3.63) is 101 Å². The topological polar surface area (TPSA) is 86.1 Å². The molecule has 1 unspecified atom stereocenters. The minimum absolute atomic E-state index is 0.0551.